The summed E-state index contributed by atoms with van der Waals surface area (Å²) >= 11 is 0. The molecule has 96 valence electrons. The van der Waals surface area contributed by atoms with Gasteiger partial charge in [-0.05, 0) is 37.0 Å². The lowest BCUT2D eigenvalue weighted by Gasteiger charge is -2.32. The van der Waals surface area contributed by atoms with E-state index in [-0.39, 0.29) is 11.8 Å². The smallest absolute Gasteiger partial charge is 0.147 e. The van der Waals surface area contributed by atoms with Crippen LogP contribution in [0.3, 0.4) is 0 Å². The Labute approximate surface area is 99.7 Å². The second kappa shape index (κ2) is 5.05. The molecule has 1 aliphatic carbocycles. The van der Waals surface area contributed by atoms with Crippen LogP contribution in [-0.2, 0) is 9.84 Å². The van der Waals surface area contributed by atoms with Crippen molar-refractivity contribution in [3.63, 3.8) is 0 Å². The Hall–Kier alpha value is -0.0900. The summed E-state index contributed by atoms with van der Waals surface area (Å²) in [6.07, 6.45) is 6.54. The van der Waals surface area contributed by atoms with Gasteiger partial charge >= 0.3 is 0 Å². The van der Waals surface area contributed by atoms with E-state index in [0.29, 0.717) is 17.8 Å². The molecule has 0 saturated heterocycles. The molecule has 3 nitrogen and oxygen atoms in total. The van der Waals surface area contributed by atoms with E-state index in [1.54, 1.807) is 0 Å². The highest BCUT2D eigenvalue weighted by Crippen LogP contribution is 2.44. The van der Waals surface area contributed by atoms with Crippen LogP contribution in [0.4, 0.5) is 0 Å². The van der Waals surface area contributed by atoms with E-state index in [2.05, 4.69) is 13.8 Å². The summed E-state index contributed by atoms with van der Waals surface area (Å²) in [6.45, 7) is 4.56. The molecular formula is C12H25NO2S. The third-order valence-electron chi connectivity index (χ3n) is 3.91. The predicted octanol–water partition coefficient (Wildman–Crippen LogP) is 1.96. The van der Waals surface area contributed by atoms with Crippen LogP contribution < -0.4 is 5.73 Å². The Bertz CT molecular complexity index is 322. The largest absolute Gasteiger partial charge is 0.327 e. The topological polar surface area (TPSA) is 60.2 Å². The molecular weight excluding hydrogens is 222 g/mol. The van der Waals surface area contributed by atoms with E-state index in [4.69, 9.17) is 5.73 Å². The van der Waals surface area contributed by atoms with Crippen LogP contribution in [-0.4, -0.2) is 26.5 Å². The second-order valence-electron chi connectivity index (χ2n) is 5.92. The van der Waals surface area contributed by atoms with Crippen molar-refractivity contribution in [3.05, 3.63) is 0 Å². The maximum Gasteiger partial charge on any atom is 0.147 e. The number of rotatable bonds is 5. The van der Waals surface area contributed by atoms with Gasteiger partial charge in [-0.3, -0.25) is 0 Å². The zero-order valence-corrected chi connectivity index (χ0v) is 11.5. The van der Waals surface area contributed by atoms with Gasteiger partial charge in [0.15, 0.2) is 0 Å². The molecule has 0 bridgehead atoms. The van der Waals surface area contributed by atoms with Crippen LogP contribution in [0.5, 0.6) is 0 Å². The molecule has 0 aromatic rings. The van der Waals surface area contributed by atoms with Crippen LogP contribution in [0.15, 0.2) is 0 Å². The van der Waals surface area contributed by atoms with Gasteiger partial charge in [-0.25, -0.2) is 8.42 Å². The van der Waals surface area contributed by atoms with Crippen LogP contribution in [0, 0.1) is 11.3 Å². The molecule has 2 unspecified atom stereocenters. The molecule has 1 fully saturated rings. The molecule has 0 aromatic carbocycles. The van der Waals surface area contributed by atoms with Crippen LogP contribution in [0.2, 0.25) is 0 Å². The molecule has 0 spiro atoms. The standard InChI is InChI=1S/C12H25NO2S/c1-12(2)8-4-6-10(12)11(13)7-5-9-16(3,14)15/h10-11H,4-9,13H2,1-3H3. The van der Waals surface area contributed by atoms with Gasteiger partial charge in [0.2, 0.25) is 0 Å². The number of hydrogen-bond acceptors (Lipinski definition) is 3. The molecule has 1 aliphatic rings. The number of sulfone groups is 1. The first-order chi connectivity index (χ1) is 7.22. The Balaban J connectivity index is 2.38. The van der Waals surface area contributed by atoms with Crippen LogP contribution in [0.1, 0.15) is 46.0 Å². The van der Waals surface area contributed by atoms with E-state index < -0.39 is 9.84 Å². The normalized spacial score (nSPS) is 26.9. The van der Waals surface area contributed by atoms with Gasteiger partial charge in [-0.15, -0.1) is 0 Å². The molecule has 1 saturated carbocycles. The second-order valence-corrected chi connectivity index (χ2v) is 8.18. The summed E-state index contributed by atoms with van der Waals surface area (Å²) < 4.78 is 22.0. The summed E-state index contributed by atoms with van der Waals surface area (Å²) in [5.74, 6) is 0.834. The van der Waals surface area contributed by atoms with Crippen LogP contribution in [0.25, 0.3) is 0 Å². The SMILES string of the molecule is CC1(C)CCCC1C(N)CCCS(C)(=O)=O. The lowest BCUT2D eigenvalue weighted by molar-refractivity contribution is 0.214. The molecule has 0 heterocycles. The first-order valence-electron chi connectivity index (χ1n) is 6.16. The lowest BCUT2D eigenvalue weighted by Crippen LogP contribution is -2.36. The van der Waals surface area contributed by atoms with E-state index in [1.165, 1.54) is 25.5 Å². The van der Waals surface area contributed by atoms with E-state index in [1.807, 2.05) is 0 Å². The maximum absolute atomic E-state index is 11.0. The van der Waals surface area contributed by atoms with Crippen molar-refractivity contribution < 1.29 is 8.42 Å². The maximum atomic E-state index is 11.0. The number of nitrogens with two attached hydrogens (primary N) is 1. The fraction of sp³-hybridized carbons (Fsp3) is 1.00. The van der Waals surface area contributed by atoms with Crippen molar-refractivity contribution in [1.82, 2.24) is 0 Å². The van der Waals surface area contributed by atoms with Crippen molar-refractivity contribution >= 4 is 9.84 Å². The zero-order valence-electron chi connectivity index (χ0n) is 10.7. The number of hydrogen-bond donors (Lipinski definition) is 1. The van der Waals surface area contributed by atoms with Gasteiger partial charge < -0.3 is 5.73 Å². The Morgan fingerprint density at radius 3 is 2.50 bits per heavy atom. The molecule has 16 heavy (non-hydrogen) atoms. The van der Waals surface area contributed by atoms with Gasteiger partial charge in [0.25, 0.3) is 0 Å². The first kappa shape index (κ1) is 14.0. The quantitative estimate of drug-likeness (QED) is 0.808. The van der Waals surface area contributed by atoms with Gasteiger partial charge in [-0.2, -0.15) is 0 Å². The highest BCUT2D eigenvalue weighted by atomic mass is 32.2. The Morgan fingerprint density at radius 1 is 1.44 bits per heavy atom. The summed E-state index contributed by atoms with van der Waals surface area (Å²) in [5, 5.41) is 0. The fourth-order valence-corrected chi connectivity index (χ4v) is 3.62. The first-order valence-corrected chi connectivity index (χ1v) is 8.22. The molecule has 1 rings (SSSR count). The van der Waals surface area contributed by atoms with Crippen molar-refractivity contribution in [2.24, 2.45) is 17.1 Å². The minimum absolute atomic E-state index is 0.166. The molecule has 2 atom stereocenters. The summed E-state index contributed by atoms with van der Waals surface area (Å²) in [6, 6.07) is 0.166. The van der Waals surface area contributed by atoms with Crippen molar-refractivity contribution in [1.29, 1.82) is 0 Å². The molecule has 0 aromatic heterocycles. The summed E-state index contributed by atoms with van der Waals surface area (Å²) in [7, 11) is -2.83. The average Bonchev–Trinajstić information content (AvgIpc) is 2.42. The third kappa shape index (κ3) is 4.06. The fourth-order valence-electron chi connectivity index (χ4n) is 2.93. The van der Waals surface area contributed by atoms with Crippen molar-refractivity contribution in [3.8, 4) is 0 Å². The Morgan fingerprint density at radius 2 is 2.06 bits per heavy atom. The third-order valence-corrected chi connectivity index (χ3v) is 4.94. The van der Waals surface area contributed by atoms with Gasteiger partial charge in [0, 0.05) is 18.1 Å². The minimum Gasteiger partial charge on any atom is -0.327 e. The molecule has 0 amide bonds. The zero-order chi connectivity index (χ0) is 12.4. The van der Waals surface area contributed by atoms with Gasteiger partial charge in [-0.1, -0.05) is 20.3 Å². The molecule has 2 N–H and O–H groups in total. The van der Waals surface area contributed by atoms with E-state index in [9.17, 15) is 8.42 Å². The highest BCUT2D eigenvalue weighted by Gasteiger charge is 2.37. The van der Waals surface area contributed by atoms with E-state index >= 15 is 0 Å². The Kier molecular flexibility index (Phi) is 4.41. The molecule has 0 radical (unpaired) electrons. The monoisotopic (exact) mass is 247 g/mol. The predicted molar refractivity (Wildman–Crippen MR) is 68.0 cm³/mol. The lowest BCUT2D eigenvalue weighted by atomic mass is 9.77. The van der Waals surface area contributed by atoms with Crippen molar-refractivity contribution in [2.45, 2.75) is 52.0 Å². The average molecular weight is 247 g/mol. The van der Waals surface area contributed by atoms with E-state index in [0.717, 1.165) is 6.42 Å². The highest BCUT2D eigenvalue weighted by molar-refractivity contribution is 7.90. The van der Waals surface area contributed by atoms with Crippen LogP contribution >= 0.6 is 0 Å². The van der Waals surface area contributed by atoms with Crippen molar-refractivity contribution in [2.75, 3.05) is 12.0 Å². The minimum atomic E-state index is -2.83. The molecule has 0 aliphatic heterocycles. The van der Waals surface area contributed by atoms with Gasteiger partial charge in [0.1, 0.15) is 9.84 Å². The molecule has 4 heteroatoms. The summed E-state index contributed by atoms with van der Waals surface area (Å²) in [4.78, 5) is 0. The summed E-state index contributed by atoms with van der Waals surface area (Å²) in [5.41, 5.74) is 6.53. The van der Waals surface area contributed by atoms with Gasteiger partial charge in [0.05, 0.1) is 0 Å².